The number of aliphatic hydroxyl groups excluding tert-OH is 1. The summed E-state index contributed by atoms with van der Waals surface area (Å²) in [5, 5.41) is 10.7. The molecule has 0 unspecified atom stereocenters. The summed E-state index contributed by atoms with van der Waals surface area (Å²) in [4.78, 5) is 12.1. The number of Topliss-reactive ketones (excluding diaryl/α,β-unsaturated/α-hetero) is 1. The van der Waals surface area contributed by atoms with Gasteiger partial charge in [-0.15, -0.1) is 6.58 Å². The molecule has 4 rings (SSSR count). The van der Waals surface area contributed by atoms with Gasteiger partial charge in [-0.1, -0.05) is 19.9 Å². The zero-order valence-corrected chi connectivity index (χ0v) is 15.5. The van der Waals surface area contributed by atoms with Crippen LogP contribution in [0.4, 0.5) is 0 Å². The van der Waals surface area contributed by atoms with Crippen LogP contribution in [0.5, 0.6) is 0 Å². The molecule has 0 aromatic carbocycles. The molecule has 2 heteroatoms. The second-order valence-corrected chi connectivity index (χ2v) is 9.89. The van der Waals surface area contributed by atoms with Crippen LogP contribution in [0.1, 0.15) is 71.6 Å². The number of ketones is 1. The third-order valence-corrected chi connectivity index (χ3v) is 9.08. The Morgan fingerprint density at radius 1 is 1.17 bits per heavy atom. The van der Waals surface area contributed by atoms with E-state index >= 15 is 0 Å². The van der Waals surface area contributed by atoms with Crippen LogP contribution in [0, 0.1) is 40.4 Å². The van der Waals surface area contributed by atoms with Crippen molar-refractivity contribution in [2.45, 2.75) is 77.7 Å². The molecule has 8 atom stereocenters. The summed E-state index contributed by atoms with van der Waals surface area (Å²) in [6, 6.07) is 0. The average Bonchev–Trinajstić information content (AvgIpc) is 2.85. The first-order chi connectivity index (χ1) is 11.4. The minimum Gasteiger partial charge on any atom is -0.393 e. The Bertz CT molecular complexity index is 540. The van der Waals surface area contributed by atoms with Gasteiger partial charge in [0, 0.05) is 12.8 Å². The molecular formula is C22H34O2. The molecular weight excluding hydrogens is 296 g/mol. The van der Waals surface area contributed by atoms with Crippen molar-refractivity contribution >= 4 is 5.78 Å². The highest BCUT2D eigenvalue weighted by Gasteiger charge is 2.62. The molecule has 2 nitrogen and oxygen atoms in total. The van der Waals surface area contributed by atoms with E-state index in [2.05, 4.69) is 26.5 Å². The van der Waals surface area contributed by atoms with Crippen molar-refractivity contribution in [2.75, 3.05) is 0 Å². The first-order valence-corrected chi connectivity index (χ1v) is 10.2. The molecule has 0 bridgehead atoms. The summed E-state index contributed by atoms with van der Waals surface area (Å²) in [5.74, 6) is 3.90. The number of carbonyl (C=O) groups is 1. The van der Waals surface area contributed by atoms with E-state index in [4.69, 9.17) is 0 Å². The Hall–Kier alpha value is -0.630. The average molecular weight is 331 g/mol. The Morgan fingerprint density at radius 2 is 1.92 bits per heavy atom. The lowest BCUT2D eigenvalue weighted by Gasteiger charge is -2.62. The third-order valence-electron chi connectivity index (χ3n) is 9.08. The highest BCUT2D eigenvalue weighted by molar-refractivity contribution is 5.79. The van der Waals surface area contributed by atoms with Gasteiger partial charge in [-0.2, -0.15) is 0 Å². The molecule has 0 amide bonds. The fourth-order valence-corrected chi connectivity index (χ4v) is 7.65. The maximum atomic E-state index is 12.1. The normalized spacial score (nSPS) is 53.9. The molecule has 4 fully saturated rings. The maximum Gasteiger partial charge on any atom is 0.133 e. The summed E-state index contributed by atoms with van der Waals surface area (Å²) < 4.78 is 0. The minimum atomic E-state index is -0.105. The molecule has 0 aromatic heterocycles. The molecule has 0 aromatic rings. The highest BCUT2D eigenvalue weighted by atomic mass is 16.3. The number of carbonyl (C=O) groups excluding carboxylic acids is 1. The van der Waals surface area contributed by atoms with E-state index in [1.165, 1.54) is 25.7 Å². The summed E-state index contributed by atoms with van der Waals surface area (Å²) in [7, 11) is 0. The maximum absolute atomic E-state index is 12.1. The quantitative estimate of drug-likeness (QED) is 0.741. The summed E-state index contributed by atoms with van der Waals surface area (Å²) in [6.45, 7) is 8.89. The van der Waals surface area contributed by atoms with Crippen LogP contribution in [-0.4, -0.2) is 17.0 Å². The smallest absolute Gasteiger partial charge is 0.133 e. The molecule has 0 spiro atoms. The van der Waals surface area contributed by atoms with Crippen molar-refractivity contribution < 1.29 is 9.90 Å². The molecule has 4 aliphatic carbocycles. The first-order valence-electron chi connectivity index (χ1n) is 10.2. The Kier molecular flexibility index (Phi) is 3.99. The zero-order chi connectivity index (χ0) is 17.1. The van der Waals surface area contributed by atoms with Crippen LogP contribution >= 0.6 is 0 Å². The van der Waals surface area contributed by atoms with Crippen LogP contribution < -0.4 is 0 Å². The highest BCUT2D eigenvalue weighted by Crippen LogP contribution is 2.67. The van der Waals surface area contributed by atoms with Gasteiger partial charge in [0.15, 0.2) is 0 Å². The Morgan fingerprint density at radius 3 is 2.67 bits per heavy atom. The lowest BCUT2D eigenvalue weighted by Crippen LogP contribution is -2.57. The third kappa shape index (κ3) is 2.21. The van der Waals surface area contributed by atoms with E-state index in [0.717, 1.165) is 43.9 Å². The second kappa shape index (κ2) is 5.69. The van der Waals surface area contributed by atoms with Gasteiger partial charge in [-0.05, 0) is 85.4 Å². The van der Waals surface area contributed by atoms with Crippen LogP contribution in [-0.2, 0) is 4.79 Å². The van der Waals surface area contributed by atoms with Gasteiger partial charge in [0.05, 0.1) is 6.10 Å². The van der Waals surface area contributed by atoms with Crippen molar-refractivity contribution in [3.8, 4) is 0 Å². The number of allylic oxidation sites excluding steroid dienone is 1. The van der Waals surface area contributed by atoms with E-state index in [0.29, 0.717) is 29.0 Å². The number of hydrogen-bond acceptors (Lipinski definition) is 2. The molecule has 0 aliphatic heterocycles. The van der Waals surface area contributed by atoms with E-state index in [1.807, 2.05) is 0 Å². The molecule has 1 N–H and O–H groups in total. The predicted octanol–water partition coefficient (Wildman–Crippen LogP) is 4.76. The monoisotopic (exact) mass is 330 g/mol. The topological polar surface area (TPSA) is 37.3 Å². The van der Waals surface area contributed by atoms with Crippen molar-refractivity contribution in [3.05, 3.63) is 12.7 Å². The lowest BCUT2D eigenvalue weighted by molar-refractivity contribution is -0.154. The Labute approximate surface area is 147 Å². The van der Waals surface area contributed by atoms with Gasteiger partial charge in [-0.3, -0.25) is 4.79 Å². The van der Waals surface area contributed by atoms with Gasteiger partial charge >= 0.3 is 0 Å². The summed E-state index contributed by atoms with van der Waals surface area (Å²) in [6.07, 6.45) is 11.6. The SMILES string of the molecule is C=CC[C@@H]1C[C@@H]2CC(=O)CC[C@]2(C)[C@H]2CC[C@]3(C)[C@@H](O)CC[C@H]3[C@H]12. The zero-order valence-electron chi connectivity index (χ0n) is 15.5. The Balaban J connectivity index is 1.71. The van der Waals surface area contributed by atoms with Gasteiger partial charge in [0.25, 0.3) is 0 Å². The van der Waals surface area contributed by atoms with Crippen LogP contribution in [0.3, 0.4) is 0 Å². The molecule has 0 saturated heterocycles. The van der Waals surface area contributed by atoms with E-state index in [-0.39, 0.29) is 11.5 Å². The fraction of sp³-hybridized carbons (Fsp3) is 0.864. The number of hydrogen-bond donors (Lipinski definition) is 1. The van der Waals surface area contributed by atoms with Crippen LogP contribution in [0.2, 0.25) is 0 Å². The molecule has 0 radical (unpaired) electrons. The van der Waals surface area contributed by atoms with Gasteiger partial charge in [-0.25, -0.2) is 0 Å². The number of rotatable bonds is 2. The summed E-state index contributed by atoms with van der Waals surface area (Å²) >= 11 is 0. The molecule has 0 heterocycles. The molecule has 134 valence electrons. The summed E-state index contributed by atoms with van der Waals surface area (Å²) in [5.41, 5.74) is 0.486. The standard InChI is InChI=1S/C22H34O2/c1-4-5-14-12-15-13-16(23)8-10-21(15,2)18-9-11-22(3)17(20(14)18)6-7-19(22)24/h4,14-15,17-20,24H,1,5-13H2,2-3H3/t14-,15-,17+,18+,19+,20+,21+,22+/m1/s1. The van der Waals surface area contributed by atoms with Gasteiger partial charge in [0.1, 0.15) is 5.78 Å². The molecule has 4 aliphatic rings. The van der Waals surface area contributed by atoms with Crippen molar-refractivity contribution in [2.24, 2.45) is 40.4 Å². The fourth-order valence-electron chi connectivity index (χ4n) is 7.65. The van der Waals surface area contributed by atoms with Crippen molar-refractivity contribution in [1.29, 1.82) is 0 Å². The number of aliphatic hydroxyl groups is 1. The van der Waals surface area contributed by atoms with Crippen LogP contribution in [0.15, 0.2) is 12.7 Å². The largest absolute Gasteiger partial charge is 0.393 e. The second-order valence-electron chi connectivity index (χ2n) is 9.89. The van der Waals surface area contributed by atoms with Crippen molar-refractivity contribution in [1.82, 2.24) is 0 Å². The molecule has 4 saturated carbocycles. The van der Waals surface area contributed by atoms with E-state index in [1.54, 1.807) is 0 Å². The van der Waals surface area contributed by atoms with E-state index < -0.39 is 0 Å². The van der Waals surface area contributed by atoms with Crippen molar-refractivity contribution in [3.63, 3.8) is 0 Å². The minimum absolute atomic E-state index is 0.105. The molecule has 24 heavy (non-hydrogen) atoms. The van der Waals surface area contributed by atoms with Gasteiger partial charge < -0.3 is 5.11 Å². The lowest BCUT2D eigenvalue weighted by atomic mass is 9.42. The predicted molar refractivity (Wildman–Crippen MR) is 96.4 cm³/mol. The van der Waals surface area contributed by atoms with Crippen LogP contribution in [0.25, 0.3) is 0 Å². The van der Waals surface area contributed by atoms with E-state index in [9.17, 15) is 9.90 Å². The number of fused-ring (bicyclic) bond motifs is 5. The van der Waals surface area contributed by atoms with Gasteiger partial charge in [0.2, 0.25) is 0 Å². The first kappa shape index (κ1) is 16.8.